The van der Waals surface area contributed by atoms with Gasteiger partial charge in [0.05, 0.1) is 0 Å². The van der Waals surface area contributed by atoms with Gasteiger partial charge in [0.1, 0.15) is 0 Å². The normalized spacial score (nSPS) is 12.4. The Morgan fingerprint density at radius 2 is 0.526 bits per heavy atom. The van der Waals surface area contributed by atoms with Gasteiger partial charge < -0.3 is 0 Å². The molecule has 0 aliphatic heterocycles. The van der Waals surface area contributed by atoms with E-state index in [1.807, 2.05) is 0 Å². The zero-order valence-electron chi connectivity index (χ0n) is 27.6. The van der Waals surface area contributed by atoms with Crippen LogP contribution >= 0.6 is 7.41 Å². The van der Waals surface area contributed by atoms with E-state index in [-0.39, 0.29) is 0 Å². The van der Waals surface area contributed by atoms with Crippen molar-refractivity contribution < 1.29 is 0 Å². The van der Waals surface area contributed by atoms with Crippen LogP contribution in [0.2, 0.25) is 0 Å². The van der Waals surface area contributed by atoms with Crippen LogP contribution in [-0.4, -0.2) is 25.0 Å². The number of unbranched alkanes of at least 4 members (excludes halogenated alkanes) is 24. The van der Waals surface area contributed by atoms with E-state index in [0.717, 1.165) is 0 Å². The molecule has 0 unspecified atom stereocenters. The van der Waals surface area contributed by atoms with Crippen LogP contribution < -0.4 is 5.09 Å². The van der Waals surface area contributed by atoms with E-state index in [9.17, 15) is 0 Å². The molecule has 38 heavy (non-hydrogen) atoms. The Morgan fingerprint density at radius 1 is 0.289 bits per heavy atom. The zero-order chi connectivity index (χ0) is 27.8. The summed E-state index contributed by atoms with van der Waals surface area (Å²) >= 11 is 0. The van der Waals surface area contributed by atoms with E-state index in [0.29, 0.717) is 0 Å². The Hall–Kier alpha value is 0.390. The van der Waals surface area contributed by atoms with E-state index in [2.05, 4.69) is 32.8 Å². The van der Waals surface area contributed by atoms with Crippen LogP contribution in [0.15, 0.2) is 0 Å². The predicted molar refractivity (Wildman–Crippen MR) is 183 cm³/mol. The molecule has 0 rings (SSSR count). The fourth-order valence-electron chi connectivity index (χ4n) is 6.34. The third-order valence-corrected chi connectivity index (χ3v) is 14.0. The molecule has 0 bridgehead atoms. The minimum absolute atomic E-state index is 1.32. The predicted octanol–water partition coefficient (Wildman–Crippen LogP) is 13.2. The van der Waals surface area contributed by atoms with E-state index < -0.39 is 7.41 Å². The van der Waals surface area contributed by atoms with Gasteiger partial charge in [-0.25, -0.2) is 0 Å². The van der Waals surface area contributed by atoms with E-state index >= 15 is 0 Å². The molecule has 1 N–H and O–H groups in total. The standard InChI is InChI=1S/C36H78NP/c1-5-9-13-17-21-22-23-24-25-29-33-37-38(34-30-26-18-14-10-6-2,35-31-27-19-15-11-7-3)36-32-28-20-16-12-8-4/h37-38H,5-36H2,1-4H3. The Kier molecular flexibility index (Phi) is 32.2. The summed E-state index contributed by atoms with van der Waals surface area (Å²) in [6.45, 7) is 10.7. The third-order valence-electron chi connectivity index (χ3n) is 9.06. The second-order valence-corrected chi connectivity index (χ2v) is 17.4. The molecule has 0 aromatic heterocycles. The second kappa shape index (κ2) is 31.9. The van der Waals surface area contributed by atoms with Crippen molar-refractivity contribution in [3.8, 4) is 0 Å². The van der Waals surface area contributed by atoms with Gasteiger partial charge in [-0.15, -0.1) is 0 Å². The minimum atomic E-state index is -1.35. The first kappa shape index (κ1) is 38.4. The molecule has 0 aromatic rings. The summed E-state index contributed by atoms with van der Waals surface area (Å²) in [5, 5.41) is 4.40. The summed E-state index contributed by atoms with van der Waals surface area (Å²) in [5.74, 6) is 0. The Bertz CT molecular complexity index is 383. The quantitative estimate of drug-likeness (QED) is 0.0627. The molecule has 0 aromatic carbocycles. The van der Waals surface area contributed by atoms with Gasteiger partial charge in [0.25, 0.3) is 0 Å². The van der Waals surface area contributed by atoms with Gasteiger partial charge >= 0.3 is 238 Å². The fourth-order valence-corrected chi connectivity index (χ4v) is 11.1. The molecule has 0 saturated heterocycles. The Balaban J connectivity index is 4.66. The van der Waals surface area contributed by atoms with Gasteiger partial charge in [-0.1, -0.05) is 6.92 Å². The Morgan fingerprint density at radius 3 is 0.816 bits per heavy atom. The molecular weight excluding hydrogens is 477 g/mol. The number of hydrogen-bond acceptors (Lipinski definition) is 1. The average molecular weight is 556 g/mol. The molecule has 0 radical (unpaired) electrons. The van der Waals surface area contributed by atoms with Gasteiger partial charge in [-0.2, -0.15) is 0 Å². The van der Waals surface area contributed by atoms with Crippen molar-refractivity contribution in [2.45, 2.75) is 207 Å². The monoisotopic (exact) mass is 556 g/mol. The first-order valence-electron chi connectivity index (χ1n) is 18.5. The van der Waals surface area contributed by atoms with Gasteiger partial charge in [-0.05, 0) is 0 Å². The van der Waals surface area contributed by atoms with Gasteiger partial charge in [-0.3, -0.25) is 0 Å². The fraction of sp³-hybridized carbons (Fsp3) is 1.00. The van der Waals surface area contributed by atoms with E-state index in [1.54, 1.807) is 18.5 Å². The van der Waals surface area contributed by atoms with E-state index in [4.69, 9.17) is 0 Å². The van der Waals surface area contributed by atoms with Gasteiger partial charge in [0.15, 0.2) is 0 Å². The molecule has 1 nitrogen and oxygen atoms in total. The summed E-state index contributed by atoms with van der Waals surface area (Å²) in [6.07, 6.45) is 45.5. The van der Waals surface area contributed by atoms with Crippen LogP contribution in [0, 0.1) is 0 Å². The molecule has 0 aliphatic carbocycles. The molecule has 0 atom stereocenters. The second-order valence-electron chi connectivity index (χ2n) is 12.9. The first-order valence-corrected chi connectivity index (χ1v) is 21.1. The van der Waals surface area contributed by atoms with Crippen LogP contribution in [0.1, 0.15) is 207 Å². The SMILES string of the molecule is CCCCCCCCCCCCN[PH](CCCCCCCC)(CCCCCCCC)CCCCCCCC. The molecule has 0 amide bonds. The summed E-state index contributed by atoms with van der Waals surface area (Å²) in [4.78, 5) is 0. The molecule has 0 fully saturated rings. The summed E-state index contributed by atoms with van der Waals surface area (Å²) in [7, 11) is -1.35. The number of rotatable bonds is 33. The van der Waals surface area contributed by atoms with Crippen molar-refractivity contribution in [1.29, 1.82) is 0 Å². The van der Waals surface area contributed by atoms with Crippen molar-refractivity contribution >= 4 is 7.41 Å². The first-order chi connectivity index (χ1) is 18.7. The van der Waals surface area contributed by atoms with Crippen molar-refractivity contribution in [2.24, 2.45) is 0 Å². The zero-order valence-corrected chi connectivity index (χ0v) is 28.6. The molecule has 232 valence electrons. The molecular formula is C36H78NP. The average Bonchev–Trinajstić information content (AvgIpc) is 2.93. The third kappa shape index (κ3) is 26.6. The van der Waals surface area contributed by atoms with Crippen molar-refractivity contribution in [2.75, 3.05) is 25.0 Å². The maximum atomic E-state index is 4.40. The van der Waals surface area contributed by atoms with Gasteiger partial charge in [0, 0.05) is 0 Å². The van der Waals surface area contributed by atoms with Crippen molar-refractivity contribution in [3.63, 3.8) is 0 Å². The molecule has 0 spiro atoms. The van der Waals surface area contributed by atoms with Crippen LogP contribution in [0.3, 0.4) is 0 Å². The van der Waals surface area contributed by atoms with Crippen LogP contribution in [0.4, 0.5) is 0 Å². The molecule has 0 aliphatic rings. The van der Waals surface area contributed by atoms with Crippen LogP contribution in [0.25, 0.3) is 0 Å². The molecule has 0 heterocycles. The van der Waals surface area contributed by atoms with Gasteiger partial charge in [0.2, 0.25) is 0 Å². The summed E-state index contributed by atoms with van der Waals surface area (Å²) < 4.78 is 0. The Labute approximate surface area is 244 Å². The molecule has 0 saturated carbocycles. The number of hydrogen-bond donors (Lipinski definition) is 1. The summed E-state index contributed by atoms with van der Waals surface area (Å²) in [6, 6.07) is 0. The molecule has 2 heteroatoms. The van der Waals surface area contributed by atoms with E-state index in [1.165, 1.54) is 186 Å². The summed E-state index contributed by atoms with van der Waals surface area (Å²) in [5.41, 5.74) is 0. The number of nitrogens with one attached hydrogen (secondary N) is 1. The van der Waals surface area contributed by atoms with Crippen molar-refractivity contribution in [1.82, 2.24) is 5.09 Å². The maximum absolute atomic E-state index is 4.40. The van der Waals surface area contributed by atoms with Crippen LogP contribution in [-0.2, 0) is 0 Å². The van der Waals surface area contributed by atoms with Crippen LogP contribution in [0.5, 0.6) is 0 Å². The topological polar surface area (TPSA) is 12.0 Å². The van der Waals surface area contributed by atoms with Crippen molar-refractivity contribution in [3.05, 3.63) is 0 Å².